The maximum atomic E-state index is 13.8. The van der Waals surface area contributed by atoms with Crippen molar-refractivity contribution in [2.75, 3.05) is 11.4 Å². The lowest BCUT2D eigenvalue weighted by molar-refractivity contribution is -0.122. The van der Waals surface area contributed by atoms with Crippen LogP contribution in [0.25, 0.3) is 0 Å². The summed E-state index contributed by atoms with van der Waals surface area (Å²) >= 11 is 12.3. The molecule has 1 unspecified atom stereocenters. The van der Waals surface area contributed by atoms with E-state index in [4.69, 9.17) is 23.2 Å². The number of carbonyl (C=O) groups is 2. The summed E-state index contributed by atoms with van der Waals surface area (Å²) in [5, 5.41) is 0.184. The van der Waals surface area contributed by atoms with Crippen LogP contribution in [0.3, 0.4) is 0 Å². The standard InChI is InChI=1S/C27H26Cl2N2O4S/c1-18(2)20-8-11-22(12-9-20)31-26(32)17-24(27(31)33)30(15-14-19-6-4-3-5-7-19)36(34,35)25-16-21(28)10-13-23(25)29/h3-13,16,18,24H,14-15,17H2,1-2H3. The van der Waals surface area contributed by atoms with Crippen molar-refractivity contribution in [2.24, 2.45) is 0 Å². The molecule has 1 aliphatic rings. The first kappa shape index (κ1) is 26.4. The van der Waals surface area contributed by atoms with Crippen LogP contribution in [0.2, 0.25) is 10.0 Å². The van der Waals surface area contributed by atoms with Gasteiger partial charge in [-0.2, -0.15) is 4.31 Å². The third-order valence-electron chi connectivity index (χ3n) is 6.23. The lowest BCUT2D eigenvalue weighted by Crippen LogP contribution is -2.46. The summed E-state index contributed by atoms with van der Waals surface area (Å²) in [6.07, 6.45) is 0.0796. The summed E-state index contributed by atoms with van der Waals surface area (Å²) in [6, 6.07) is 19.4. The van der Waals surface area contributed by atoms with E-state index < -0.39 is 27.9 Å². The molecule has 0 saturated carbocycles. The minimum Gasteiger partial charge on any atom is -0.274 e. The molecule has 1 heterocycles. The van der Waals surface area contributed by atoms with Crippen LogP contribution in [0.4, 0.5) is 5.69 Å². The molecule has 3 aromatic carbocycles. The number of benzene rings is 3. The Hall–Kier alpha value is -2.71. The Morgan fingerprint density at radius 1 is 0.972 bits per heavy atom. The Balaban J connectivity index is 1.71. The van der Waals surface area contributed by atoms with E-state index >= 15 is 0 Å². The van der Waals surface area contributed by atoms with Gasteiger partial charge in [0.05, 0.1) is 17.1 Å². The zero-order valence-electron chi connectivity index (χ0n) is 19.9. The molecular formula is C27H26Cl2N2O4S. The molecule has 4 rings (SSSR count). The zero-order valence-corrected chi connectivity index (χ0v) is 22.2. The van der Waals surface area contributed by atoms with Gasteiger partial charge in [-0.3, -0.25) is 9.59 Å². The third-order valence-corrected chi connectivity index (χ3v) is 8.86. The minimum atomic E-state index is -4.27. The molecule has 0 N–H and O–H groups in total. The average molecular weight is 545 g/mol. The number of sulfonamides is 1. The predicted octanol–water partition coefficient (Wildman–Crippen LogP) is 5.68. The molecule has 0 aromatic heterocycles. The molecule has 0 radical (unpaired) electrons. The fourth-order valence-corrected chi connectivity index (χ4v) is 6.57. The number of hydrogen-bond acceptors (Lipinski definition) is 4. The molecule has 36 heavy (non-hydrogen) atoms. The molecule has 1 atom stereocenters. The van der Waals surface area contributed by atoms with Gasteiger partial charge in [-0.05, 0) is 53.8 Å². The van der Waals surface area contributed by atoms with Gasteiger partial charge in [0.2, 0.25) is 15.9 Å². The third kappa shape index (κ3) is 5.34. The number of carbonyl (C=O) groups excluding carboxylic acids is 2. The number of nitrogens with zero attached hydrogens (tertiary/aromatic N) is 2. The Labute approximate surface area is 221 Å². The van der Waals surface area contributed by atoms with Gasteiger partial charge in [0.15, 0.2) is 0 Å². The quantitative estimate of drug-likeness (QED) is 0.342. The second kappa shape index (κ2) is 10.7. The van der Waals surface area contributed by atoms with Gasteiger partial charge in [-0.1, -0.05) is 79.5 Å². The number of hydrogen-bond donors (Lipinski definition) is 0. The highest BCUT2D eigenvalue weighted by molar-refractivity contribution is 7.89. The summed E-state index contributed by atoms with van der Waals surface area (Å²) in [7, 11) is -4.27. The number of amides is 2. The second-order valence-electron chi connectivity index (χ2n) is 8.96. The molecule has 188 valence electrons. The first-order chi connectivity index (χ1) is 17.1. The van der Waals surface area contributed by atoms with Crippen molar-refractivity contribution in [1.82, 2.24) is 4.31 Å². The molecular weight excluding hydrogens is 519 g/mol. The summed E-state index contributed by atoms with van der Waals surface area (Å²) < 4.78 is 28.7. The number of rotatable bonds is 8. The highest BCUT2D eigenvalue weighted by Gasteiger charge is 2.47. The van der Waals surface area contributed by atoms with E-state index in [2.05, 4.69) is 0 Å². The predicted molar refractivity (Wildman–Crippen MR) is 142 cm³/mol. The van der Waals surface area contributed by atoms with Crippen molar-refractivity contribution < 1.29 is 18.0 Å². The van der Waals surface area contributed by atoms with Crippen molar-refractivity contribution in [3.63, 3.8) is 0 Å². The van der Waals surface area contributed by atoms with Crippen LogP contribution in [-0.4, -0.2) is 37.1 Å². The highest BCUT2D eigenvalue weighted by atomic mass is 35.5. The molecule has 1 saturated heterocycles. The number of anilines is 1. The van der Waals surface area contributed by atoms with Crippen molar-refractivity contribution in [2.45, 2.75) is 43.5 Å². The lowest BCUT2D eigenvalue weighted by Gasteiger charge is -2.27. The largest absolute Gasteiger partial charge is 0.274 e. The molecule has 2 amide bonds. The molecule has 0 spiro atoms. The highest BCUT2D eigenvalue weighted by Crippen LogP contribution is 2.33. The van der Waals surface area contributed by atoms with Crippen molar-refractivity contribution in [3.05, 3.63) is 94.0 Å². The smallest absolute Gasteiger partial charge is 0.252 e. The maximum Gasteiger partial charge on any atom is 0.252 e. The van der Waals surface area contributed by atoms with Crippen LogP contribution >= 0.6 is 23.2 Å². The van der Waals surface area contributed by atoms with Crippen molar-refractivity contribution >= 4 is 50.7 Å². The van der Waals surface area contributed by atoms with Crippen LogP contribution in [0.1, 0.15) is 37.3 Å². The number of imide groups is 1. The Kier molecular flexibility index (Phi) is 7.85. The van der Waals surface area contributed by atoms with Gasteiger partial charge in [0, 0.05) is 11.6 Å². The summed E-state index contributed by atoms with van der Waals surface area (Å²) in [6.45, 7) is 4.08. The van der Waals surface area contributed by atoms with Gasteiger partial charge < -0.3 is 0 Å². The molecule has 6 nitrogen and oxygen atoms in total. The molecule has 1 fully saturated rings. The normalized spacial score (nSPS) is 16.4. The van der Waals surface area contributed by atoms with Crippen LogP contribution in [0.15, 0.2) is 77.7 Å². The van der Waals surface area contributed by atoms with Crippen LogP contribution < -0.4 is 4.90 Å². The Morgan fingerprint density at radius 2 is 1.64 bits per heavy atom. The van der Waals surface area contributed by atoms with Gasteiger partial charge in [-0.25, -0.2) is 13.3 Å². The molecule has 3 aromatic rings. The van der Waals surface area contributed by atoms with E-state index in [0.29, 0.717) is 12.1 Å². The van der Waals surface area contributed by atoms with Gasteiger partial charge >= 0.3 is 0 Å². The van der Waals surface area contributed by atoms with E-state index in [0.717, 1.165) is 20.3 Å². The average Bonchev–Trinajstić information content (AvgIpc) is 3.14. The first-order valence-corrected chi connectivity index (χ1v) is 13.8. The van der Waals surface area contributed by atoms with Crippen molar-refractivity contribution in [3.8, 4) is 0 Å². The van der Waals surface area contributed by atoms with Gasteiger partial charge in [0.1, 0.15) is 10.9 Å². The van der Waals surface area contributed by atoms with Crippen LogP contribution in [-0.2, 0) is 26.0 Å². The minimum absolute atomic E-state index is 0.0120. The van der Waals surface area contributed by atoms with E-state index in [1.165, 1.54) is 18.2 Å². The fourth-order valence-electron chi connectivity index (χ4n) is 4.25. The molecule has 0 aliphatic carbocycles. The maximum absolute atomic E-state index is 13.8. The second-order valence-corrected chi connectivity index (χ2v) is 11.7. The van der Waals surface area contributed by atoms with Crippen LogP contribution in [0, 0.1) is 0 Å². The van der Waals surface area contributed by atoms with Crippen molar-refractivity contribution in [1.29, 1.82) is 0 Å². The Bertz CT molecular complexity index is 1380. The van der Waals surface area contributed by atoms with E-state index in [1.54, 1.807) is 12.1 Å². The van der Waals surface area contributed by atoms with Crippen LogP contribution in [0.5, 0.6) is 0 Å². The lowest BCUT2D eigenvalue weighted by atomic mass is 10.0. The molecule has 1 aliphatic heterocycles. The number of halogens is 2. The molecule has 9 heteroatoms. The van der Waals surface area contributed by atoms with E-state index in [-0.39, 0.29) is 33.8 Å². The summed E-state index contributed by atoms with van der Waals surface area (Å²) in [5.41, 5.74) is 2.38. The first-order valence-electron chi connectivity index (χ1n) is 11.6. The Morgan fingerprint density at radius 3 is 2.28 bits per heavy atom. The zero-order chi connectivity index (χ0) is 26.0. The topological polar surface area (TPSA) is 74.8 Å². The SMILES string of the molecule is CC(C)c1ccc(N2C(=O)CC(N(CCc3ccccc3)S(=O)(=O)c3cc(Cl)ccc3Cl)C2=O)cc1. The summed E-state index contributed by atoms with van der Waals surface area (Å²) in [4.78, 5) is 27.4. The monoisotopic (exact) mass is 544 g/mol. The fraction of sp³-hybridized carbons (Fsp3) is 0.259. The van der Waals surface area contributed by atoms with Gasteiger partial charge in [0.25, 0.3) is 5.91 Å². The molecule has 0 bridgehead atoms. The van der Waals surface area contributed by atoms with E-state index in [1.807, 2.05) is 56.3 Å². The van der Waals surface area contributed by atoms with E-state index in [9.17, 15) is 18.0 Å². The summed E-state index contributed by atoms with van der Waals surface area (Å²) in [5.74, 6) is -0.760. The van der Waals surface area contributed by atoms with Gasteiger partial charge in [-0.15, -0.1) is 0 Å².